The van der Waals surface area contributed by atoms with Gasteiger partial charge in [0, 0.05) is 33.7 Å². The van der Waals surface area contributed by atoms with Crippen LogP contribution in [-0.2, 0) is 0 Å². The summed E-state index contributed by atoms with van der Waals surface area (Å²) in [4.78, 5) is 16.0. The summed E-state index contributed by atoms with van der Waals surface area (Å²) < 4.78 is 0. The monoisotopic (exact) mass is 225 g/mol. The van der Waals surface area contributed by atoms with E-state index in [1.165, 1.54) is 32.1 Å². The van der Waals surface area contributed by atoms with E-state index < -0.39 is 0 Å². The van der Waals surface area contributed by atoms with Crippen LogP contribution in [0.25, 0.3) is 0 Å². The summed E-state index contributed by atoms with van der Waals surface area (Å²) in [6, 6.07) is 0.184. The number of amides is 2. The molecule has 0 radical (unpaired) electrons. The molecule has 92 valence electrons. The van der Waals surface area contributed by atoms with E-state index in [2.05, 4.69) is 10.2 Å². The van der Waals surface area contributed by atoms with Crippen molar-refractivity contribution in [3.05, 3.63) is 0 Å². The van der Waals surface area contributed by atoms with E-state index in [-0.39, 0.29) is 11.6 Å². The van der Waals surface area contributed by atoms with Crippen LogP contribution in [0.5, 0.6) is 0 Å². The molecule has 0 aromatic heterocycles. The van der Waals surface area contributed by atoms with Crippen LogP contribution < -0.4 is 5.32 Å². The van der Waals surface area contributed by atoms with Crippen molar-refractivity contribution in [1.29, 1.82) is 0 Å². The van der Waals surface area contributed by atoms with Gasteiger partial charge in [-0.15, -0.1) is 0 Å². The van der Waals surface area contributed by atoms with Crippen molar-refractivity contribution in [2.24, 2.45) is 0 Å². The summed E-state index contributed by atoms with van der Waals surface area (Å²) in [7, 11) is 3.70. The van der Waals surface area contributed by atoms with E-state index in [1.54, 1.807) is 4.90 Å². The number of nitrogens with zero attached hydrogens (tertiary/aromatic N) is 2. The molecule has 0 bridgehead atoms. The van der Waals surface area contributed by atoms with Gasteiger partial charge >= 0.3 is 6.03 Å². The number of hydrogen-bond donors (Lipinski definition) is 1. The maximum atomic E-state index is 12.2. The summed E-state index contributed by atoms with van der Waals surface area (Å²) in [6.07, 6.45) is 6.18. The Bertz CT molecular complexity index is 251. The molecule has 2 rings (SSSR count). The average Bonchev–Trinajstić information content (AvgIpc) is 2.30. The number of urea groups is 1. The van der Waals surface area contributed by atoms with Crippen molar-refractivity contribution >= 4 is 6.03 Å². The van der Waals surface area contributed by atoms with Crippen molar-refractivity contribution in [2.75, 3.05) is 33.7 Å². The van der Waals surface area contributed by atoms with Crippen LogP contribution in [0.3, 0.4) is 0 Å². The minimum Gasteiger partial charge on any atom is -0.331 e. The third-order valence-corrected chi connectivity index (χ3v) is 3.94. The minimum atomic E-state index is 0.109. The molecule has 2 aliphatic rings. The largest absolute Gasteiger partial charge is 0.331 e. The van der Waals surface area contributed by atoms with Crippen LogP contribution in [0, 0.1) is 0 Å². The first-order valence-corrected chi connectivity index (χ1v) is 6.35. The van der Waals surface area contributed by atoms with E-state index in [4.69, 9.17) is 0 Å². The molecule has 1 aliphatic carbocycles. The molecule has 1 N–H and O–H groups in total. The summed E-state index contributed by atoms with van der Waals surface area (Å²) >= 11 is 0. The summed E-state index contributed by atoms with van der Waals surface area (Å²) in [5.41, 5.74) is 0.109. The molecular weight excluding hydrogens is 202 g/mol. The summed E-state index contributed by atoms with van der Waals surface area (Å²) in [5, 5.41) is 3.46. The van der Waals surface area contributed by atoms with Crippen LogP contribution in [0.2, 0.25) is 0 Å². The van der Waals surface area contributed by atoms with Gasteiger partial charge in [0.25, 0.3) is 0 Å². The Morgan fingerprint density at radius 1 is 1.25 bits per heavy atom. The van der Waals surface area contributed by atoms with Gasteiger partial charge in [-0.2, -0.15) is 0 Å². The SMILES string of the molecule is CN(C)C(=O)N1CCNCC12CCCCC2. The zero-order valence-corrected chi connectivity index (χ0v) is 10.5. The van der Waals surface area contributed by atoms with Crippen LogP contribution in [0.15, 0.2) is 0 Å². The molecule has 0 unspecified atom stereocenters. The quantitative estimate of drug-likeness (QED) is 0.674. The highest BCUT2D eigenvalue weighted by Gasteiger charge is 2.42. The normalized spacial score (nSPS) is 24.5. The zero-order valence-electron chi connectivity index (χ0n) is 10.5. The number of carbonyl (C=O) groups excluding carboxylic acids is 1. The maximum absolute atomic E-state index is 12.2. The molecule has 1 spiro atoms. The standard InChI is InChI=1S/C12H23N3O/c1-14(2)11(16)15-9-8-13-10-12(15)6-4-3-5-7-12/h13H,3-10H2,1-2H3. The minimum absolute atomic E-state index is 0.109. The van der Waals surface area contributed by atoms with Gasteiger partial charge in [-0.05, 0) is 12.8 Å². The van der Waals surface area contributed by atoms with Crippen LogP contribution in [0.1, 0.15) is 32.1 Å². The second kappa shape index (κ2) is 4.62. The first-order chi connectivity index (χ1) is 7.66. The fourth-order valence-electron chi connectivity index (χ4n) is 3.04. The molecule has 4 heteroatoms. The van der Waals surface area contributed by atoms with Crippen molar-refractivity contribution < 1.29 is 4.79 Å². The molecule has 1 saturated heterocycles. The highest BCUT2D eigenvalue weighted by Crippen LogP contribution is 2.34. The number of hydrogen-bond acceptors (Lipinski definition) is 2. The third kappa shape index (κ3) is 2.03. The highest BCUT2D eigenvalue weighted by molar-refractivity contribution is 5.75. The smallest absolute Gasteiger partial charge is 0.320 e. The highest BCUT2D eigenvalue weighted by atomic mass is 16.2. The van der Waals surface area contributed by atoms with Crippen molar-refractivity contribution in [1.82, 2.24) is 15.1 Å². The maximum Gasteiger partial charge on any atom is 0.320 e. The van der Waals surface area contributed by atoms with E-state index in [9.17, 15) is 4.79 Å². The van der Waals surface area contributed by atoms with Gasteiger partial charge in [0.1, 0.15) is 0 Å². The molecule has 2 fully saturated rings. The fourth-order valence-corrected chi connectivity index (χ4v) is 3.04. The van der Waals surface area contributed by atoms with E-state index in [0.717, 1.165) is 19.6 Å². The lowest BCUT2D eigenvalue weighted by Crippen LogP contribution is -2.65. The molecule has 0 aromatic rings. The van der Waals surface area contributed by atoms with Crippen LogP contribution in [0.4, 0.5) is 4.79 Å². The number of rotatable bonds is 0. The number of piperazine rings is 1. The molecule has 16 heavy (non-hydrogen) atoms. The molecule has 2 amide bonds. The van der Waals surface area contributed by atoms with Gasteiger partial charge in [0.2, 0.25) is 0 Å². The third-order valence-electron chi connectivity index (χ3n) is 3.94. The molecule has 1 saturated carbocycles. The predicted octanol–water partition coefficient (Wildman–Crippen LogP) is 1.28. The lowest BCUT2D eigenvalue weighted by Gasteiger charge is -2.50. The van der Waals surface area contributed by atoms with Gasteiger partial charge < -0.3 is 15.1 Å². The zero-order chi connectivity index (χ0) is 11.6. The first-order valence-electron chi connectivity index (χ1n) is 6.35. The van der Waals surface area contributed by atoms with Crippen molar-refractivity contribution in [3.63, 3.8) is 0 Å². The van der Waals surface area contributed by atoms with Gasteiger partial charge in [0.15, 0.2) is 0 Å². The van der Waals surface area contributed by atoms with E-state index in [0.29, 0.717) is 0 Å². The van der Waals surface area contributed by atoms with Crippen LogP contribution >= 0.6 is 0 Å². The molecule has 4 nitrogen and oxygen atoms in total. The van der Waals surface area contributed by atoms with Crippen LogP contribution in [-0.4, -0.2) is 55.1 Å². The molecule has 0 aromatic carbocycles. The number of nitrogens with one attached hydrogen (secondary N) is 1. The summed E-state index contributed by atoms with van der Waals surface area (Å²) in [5.74, 6) is 0. The van der Waals surface area contributed by atoms with E-state index in [1.807, 2.05) is 14.1 Å². The first kappa shape index (κ1) is 11.7. The van der Waals surface area contributed by atoms with Gasteiger partial charge in [-0.25, -0.2) is 4.79 Å². The lowest BCUT2D eigenvalue weighted by atomic mass is 9.79. The van der Waals surface area contributed by atoms with Gasteiger partial charge in [0.05, 0.1) is 5.54 Å². The Morgan fingerprint density at radius 2 is 1.94 bits per heavy atom. The molecule has 1 aliphatic heterocycles. The van der Waals surface area contributed by atoms with Crippen molar-refractivity contribution in [2.45, 2.75) is 37.6 Å². The van der Waals surface area contributed by atoms with Crippen molar-refractivity contribution in [3.8, 4) is 0 Å². The van der Waals surface area contributed by atoms with Gasteiger partial charge in [-0.1, -0.05) is 19.3 Å². The fraction of sp³-hybridized carbons (Fsp3) is 0.917. The molecule has 0 atom stereocenters. The Kier molecular flexibility index (Phi) is 3.38. The Morgan fingerprint density at radius 3 is 2.56 bits per heavy atom. The predicted molar refractivity (Wildman–Crippen MR) is 64.5 cm³/mol. The summed E-state index contributed by atoms with van der Waals surface area (Å²) in [6.45, 7) is 2.77. The Labute approximate surface area is 98.0 Å². The molecule has 1 heterocycles. The number of carbonyl (C=O) groups is 1. The Hall–Kier alpha value is -0.770. The average molecular weight is 225 g/mol. The topological polar surface area (TPSA) is 35.6 Å². The lowest BCUT2D eigenvalue weighted by molar-refractivity contribution is 0.0455. The second-order valence-electron chi connectivity index (χ2n) is 5.29. The van der Waals surface area contributed by atoms with E-state index >= 15 is 0 Å². The van der Waals surface area contributed by atoms with Gasteiger partial charge in [-0.3, -0.25) is 0 Å². The molecular formula is C12H23N3O. The second-order valence-corrected chi connectivity index (χ2v) is 5.29. The Balaban J connectivity index is 2.15.